The Balaban J connectivity index is 0.000000939. The van der Waals surface area contributed by atoms with Crippen molar-refractivity contribution in [1.82, 2.24) is 0 Å². The summed E-state index contributed by atoms with van der Waals surface area (Å²) in [5, 5.41) is 0. The fourth-order valence-electron chi connectivity index (χ4n) is 6.04. The predicted octanol–water partition coefficient (Wildman–Crippen LogP) is 8.32. The Hall–Kier alpha value is -1.18. The standard InChI is InChI=1S/C16H13.C10H9.C2H6.CH3.2ClH.H3Si.Zr/c1-12-10-14-8-5-9-15(16(14)11-12)13-6-3-2-4-7-13;1-8-6-9-4-2-3-5-10(9)7-8;1-2;;;;;/h2-11H,1H3;2-7H,1H3;1-2H3;1H3;2*1H;1H3;. The predicted molar refractivity (Wildman–Crippen MR) is 153 cm³/mol. The van der Waals surface area contributed by atoms with E-state index in [1.807, 2.05) is 13.8 Å². The quantitative estimate of drug-likeness (QED) is 0.276. The Kier molecular flexibility index (Phi) is 9.78. The molecule has 3 aromatic carbocycles. The summed E-state index contributed by atoms with van der Waals surface area (Å²) < 4.78 is 4.14. The van der Waals surface area contributed by atoms with Crippen molar-refractivity contribution in [3.8, 4) is 11.1 Å². The molecular formula is C29H36Cl2SiZr. The zero-order valence-electron chi connectivity index (χ0n) is 20.6. The number of hydrogen-bond donors (Lipinski definition) is 0. The van der Waals surface area contributed by atoms with Gasteiger partial charge in [-0.3, -0.25) is 0 Å². The summed E-state index contributed by atoms with van der Waals surface area (Å²) in [6.07, 6.45) is 4.97. The average Bonchev–Trinajstić information content (AvgIpc) is 3.31. The van der Waals surface area contributed by atoms with Crippen molar-refractivity contribution in [2.75, 3.05) is 0 Å². The molecule has 0 saturated heterocycles. The van der Waals surface area contributed by atoms with Gasteiger partial charge in [0.05, 0.1) is 0 Å². The van der Waals surface area contributed by atoms with Crippen LogP contribution in [0.2, 0.25) is 4.63 Å². The molecule has 3 aromatic rings. The Labute approximate surface area is 219 Å². The van der Waals surface area contributed by atoms with Crippen LogP contribution in [-0.2, 0) is 19.4 Å². The average molecular weight is 575 g/mol. The number of benzene rings is 3. The van der Waals surface area contributed by atoms with Crippen LogP contribution >= 0.6 is 24.8 Å². The normalized spacial score (nSPS) is 19.4. The van der Waals surface area contributed by atoms with Gasteiger partial charge in [-0.05, 0) is 0 Å². The molecule has 2 aliphatic rings. The molecule has 0 radical (unpaired) electrons. The second-order valence-electron chi connectivity index (χ2n) is 9.27. The SMILES string of the molecule is CC.CC1=Cc2ccccc2[CH]1[Zr]([CH3])([SiH3])[CH]1C(C)=Cc2c(-c3ccccc3)cccc21.Cl.Cl. The molecule has 174 valence electrons. The minimum absolute atomic E-state index is 0. The van der Waals surface area contributed by atoms with E-state index in [0.717, 1.165) is 0 Å². The maximum atomic E-state index is 2.73. The molecule has 2 aliphatic carbocycles. The third-order valence-corrected chi connectivity index (χ3v) is 24.9. The van der Waals surface area contributed by atoms with Crippen LogP contribution in [0.15, 0.2) is 83.9 Å². The van der Waals surface area contributed by atoms with Crippen molar-refractivity contribution in [3.63, 3.8) is 0 Å². The van der Waals surface area contributed by atoms with E-state index in [9.17, 15) is 0 Å². The van der Waals surface area contributed by atoms with Gasteiger partial charge in [0.25, 0.3) is 0 Å². The van der Waals surface area contributed by atoms with Crippen LogP contribution in [0.25, 0.3) is 23.3 Å². The fraction of sp³-hybridized carbons (Fsp3) is 0.241. The first kappa shape index (κ1) is 28.1. The molecule has 33 heavy (non-hydrogen) atoms. The minimum atomic E-state index is -2.52. The van der Waals surface area contributed by atoms with Gasteiger partial charge in [0, 0.05) is 0 Å². The molecule has 0 N–H and O–H groups in total. The largest absolute Gasteiger partial charge is 0.147 e. The molecule has 0 aromatic heterocycles. The van der Waals surface area contributed by atoms with Crippen LogP contribution < -0.4 is 0 Å². The summed E-state index contributed by atoms with van der Waals surface area (Å²) in [4.78, 5) is 0. The van der Waals surface area contributed by atoms with Crippen molar-refractivity contribution in [2.45, 2.75) is 39.6 Å². The molecule has 4 heteroatoms. The zero-order chi connectivity index (χ0) is 22.2. The van der Waals surface area contributed by atoms with Crippen molar-refractivity contribution >= 4 is 44.3 Å². The summed E-state index contributed by atoms with van der Waals surface area (Å²) in [6, 6.07) is 27.0. The van der Waals surface area contributed by atoms with E-state index >= 15 is 0 Å². The van der Waals surface area contributed by atoms with Gasteiger partial charge in [-0.15, -0.1) is 24.8 Å². The molecule has 3 unspecified atom stereocenters. The maximum absolute atomic E-state index is 2.73. The zero-order valence-corrected chi connectivity index (χ0v) is 26.6. The second-order valence-corrected chi connectivity index (χ2v) is 33.8. The van der Waals surface area contributed by atoms with Crippen molar-refractivity contribution in [2.24, 2.45) is 0 Å². The summed E-state index contributed by atoms with van der Waals surface area (Å²) >= 11 is -2.52. The van der Waals surface area contributed by atoms with Gasteiger partial charge in [-0.25, -0.2) is 0 Å². The molecule has 0 aliphatic heterocycles. The number of allylic oxidation sites excluding steroid dienone is 2. The van der Waals surface area contributed by atoms with Crippen LogP contribution in [0, 0.1) is 0 Å². The van der Waals surface area contributed by atoms with E-state index in [1.165, 1.54) is 29.6 Å². The Morgan fingerprint density at radius 3 is 1.91 bits per heavy atom. The molecule has 0 fully saturated rings. The van der Waals surface area contributed by atoms with Crippen LogP contribution in [0.5, 0.6) is 0 Å². The van der Waals surface area contributed by atoms with Gasteiger partial charge in [0.2, 0.25) is 0 Å². The molecule has 0 saturated carbocycles. The first-order valence-corrected chi connectivity index (χ1v) is 25.3. The van der Waals surface area contributed by atoms with Crippen LogP contribution in [0.4, 0.5) is 0 Å². The van der Waals surface area contributed by atoms with E-state index < -0.39 is 19.4 Å². The Morgan fingerprint density at radius 2 is 1.21 bits per heavy atom. The van der Waals surface area contributed by atoms with Gasteiger partial charge < -0.3 is 0 Å². The summed E-state index contributed by atoms with van der Waals surface area (Å²) in [7, 11) is 1.34. The summed E-state index contributed by atoms with van der Waals surface area (Å²) in [5.41, 5.74) is 12.1. The number of halogens is 2. The first-order valence-electron chi connectivity index (χ1n) is 11.6. The molecule has 0 amide bonds. The summed E-state index contributed by atoms with van der Waals surface area (Å²) in [6.45, 7) is 8.78. The number of hydrogen-bond acceptors (Lipinski definition) is 0. The Morgan fingerprint density at radius 1 is 0.667 bits per heavy atom. The van der Waals surface area contributed by atoms with E-state index in [-0.39, 0.29) is 24.8 Å². The van der Waals surface area contributed by atoms with Gasteiger partial charge in [0.15, 0.2) is 0 Å². The molecular weight excluding hydrogens is 539 g/mol. The fourth-order valence-corrected chi connectivity index (χ4v) is 27.3. The Bertz CT molecular complexity index is 1170. The molecule has 3 atom stereocenters. The van der Waals surface area contributed by atoms with Crippen molar-refractivity contribution in [3.05, 3.63) is 106 Å². The smallest absolute Gasteiger partial charge is 0.147 e. The minimum Gasteiger partial charge on any atom is -0.147 e. The van der Waals surface area contributed by atoms with Crippen molar-refractivity contribution < 1.29 is 19.4 Å². The van der Waals surface area contributed by atoms with E-state index in [1.54, 1.807) is 22.3 Å². The van der Waals surface area contributed by atoms with Crippen LogP contribution in [0.1, 0.15) is 57.2 Å². The van der Waals surface area contributed by atoms with Gasteiger partial charge in [-0.1, -0.05) is 13.8 Å². The van der Waals surface area contributed by atoms with Crippen LogP contribution in [0.3, 0.4) is 0 Å². The number of rotatable bonds is 3. The maximum Gasteiger partial charge on any atom is -0.147 e. The third-order valence-electron chi connectivity index (χ3n) is 7.00. The summed E-state index contributed by atoms with van der Waals surface area (Å²) in [5.74, 6) is 0. The topological polar surface area (TPSA) is 0 Å². The van der Waals surface area contributed by atoms with Crippen LogP contribution in [-0.4, -0.2) is 7.37 Å². The monoisotopic (exact) mass is 572 g/mol. The number of fused-ring (bicyclic) bond motifs is 2. The van der Waals surface area contributed by atoms with E-state index in [4.69, 9.17) is 0 Å². The molecule has 0 spiro atoms. The van der Waals surface area contributed by atoms with Crippen molar-refractivity contribution in [1.29, 1.82) is 0 Å². The molecule has 0 bridgehead atoms. The first-order chi connectivity index (χ1) is 15.0. The molecule has 5 rings (SSSR count). The van der Waals surface area contributed by atoms with E-state index in [2.05, 4.69) is 103 Å². The second kappa shape index (κ2) is 11.5. The van der Waals surface area contributed by atoms with Gasteiger partial charge >= 0.3 is 182 Å². The van der Waals surface area contributed by atoms with Gasteiger partial charge in [0.1, 0.15) is 0 Å². The third kappa shape index (κ3) is 4.96. The van der Waals surface area contributed by atoms with E-state index in [0.29, 0.717) is 7.25 Å². The van der Waals surface area contributed by atoms with Gasteiger partial charge in [-0.2, -0.15) is 0 Å². The molecule has 0 nitrogen and oxygen atoms in total. The molecule has 0 heterocycles.